The van der Waals surface area contributed by atoms with Gasteiger partial charge in [0.25, 0.3) is 10.1 Å². The first-order valence-electron chi connectivity index (χ1n) is 6.34. The van der Waals surface area contributed by atoms with Gasteiger partial charge in [0.05, 0.1) is 16.4 Å². The van der Waals surface area contributed by atoms with Crippen LogP contribution < -0.4 is 0 Å². The van der Waals surface area contributed by atoms with Crippen LogP contribution in [0.25, 0.3) is 0 Å². The van der Waals surface area contributed by atoms with Crippen molar-refractivity contribution in [2.75, 3.05) is 0 Å². The number of benzene rings is 2. The Morgan fingerprint density at radius 3 is 2.13 bits per heavy atom. The molecule has 0 aliphatic carbocycles. The summed E-state index contributed by atoms with van der Waals surface area (Å²) in [5.41, 5.74) is -0.205. The van der Waals surface area contributed by atoms with E-state index in [0.29, 0.717) is 0 Å². The van der Waals surface area contributed by atoms with Gasteiger partial charge in [-0.05, 0) is 36.2 Å². The summed E-state index contributed by atoms with van der Waals surface area (Å²) >= 11 is 0. The van der Waals surface area contributed by atoms with Crippen molar-refractivity contribution in [3.05, 3.63) is 47.5 Å². The molecule has 2 rings (SSSR count). The minimum absolute atomic E-state index is 0.101. The lowest BCUT2D eigenvalue weighted by atomic mass is 10.2. The molecule has 9 heteroatoms. The highest BCUT2D eigenvalue weighted by atomic mass is 32.2. The number of phenolic OH excluding ortho intramolecular Hbond substituents is 1. The molecule has 0 aliphatic heterocycles. The summed E-state index contributed by atoms with van der Waals surface area (Å²) in [6.07, 6.45) is 0. The van der Waals surface area contributed by atoms with E-state index < -0.39 is 42.1 Å². The van der Waals surface area contributed by atoms with E-state index >= 15 is 0 Å². The van der Waals surface area contributed by atoms with Crippen LogP contribution in [-0.2, 0) is 26.6 Å². The molecule has 3 N–H and O–H groups in total. The van der Waals surface area contributed by atoms with Crippen LogP contribution in [0.5, 0.6) is 5.75 Å². The molecule has 0 radical (unpaired) electrons. The van der Waals surface area contributed by atoms with Crippen molar-refractivity contribution < 1.29 is 31.6 Å². The average Bonchev–Trinajstić information content (AvgIpc) is 2.45. The fourth-order valence-corrected chi connectivity index (χ4v) is 4.89. The Labute approximate surface area is 133 Å². The van der Waals surface area contributed by atoms with Gasteiger partial charge in [0.15, 0.2) is 0 Å². The highest BCUT2D eigenvalue weighted by molar-refractivity contribution is 7.91. The minimum atomic E-state index is -4.66. The van der Waals surface area contributed by atoms with E-state index in [1.54, 1.807) is 0 Å². The van der Waals surface area contributed by atoms with Gasteiger partial charge in [0.2, 0.25) is 9.84 Å². The fourth-order valence-electron chi connectivity index (χ4n) is 2.28. The second-order valence-electron chi connectivity index (χ2n) is 4.78. The Kier molecular flexibility index (Phi) is 4.49. The van der Waals surface area contributed by atoms with Crippen molar-refractivity contribution in [1.82, 2.24) is 0 Å². The van der Waals surface area contributed by atoms with Crippen LogP contribution in [-0.4, -0.2) is 31.6 Å². The lowest BCUT2D eigenvalue weighted by Gasteiger charge is -2.14. The zero-order valence-electron chi connectivity index (χ0n) is 12.0. The van der Waals surface area contributed by atoms with Gasteiger partial charge in [-0.2, -0.15) is 8.42 Å². The molecule has 2 aromatic carbocycles. The summed E-state index contributed by atoms with van der Waals surface area (Å²) in [5, 5.41) is 19.2. The van der Waals surface area contributed by atoms with Crippen LogP contribution in [0.15, 0.2) is 51.1 Å². The molecule has 0 saturated heterocycles. The Bertz CT molecular complexity index is 961. The standard InChI is InChI=1S/C14H14O7S2/c1-9-12(23(19,20)21)7-6-11(16)14(9)22(17,18)13-5-3-2-4-10(13)8-15/h2-7,15-16H,8H2,1H3,(H,19,20,21). The monoisotopic (exact) mass is 358 g/mol. The van der Waals surface area contributed by atoms with Crippen LogP contribution in [0.3, 0.4) is 0 Å². The third-order valence-corrected chi connectivity index (χ3v) is 6.34. The average molecular weight is 358 g/mol. The molecule has 2 aromatic rings. The first kappa shape index (κ1) is 17.4. The summed E-state index contributed by atoms with van der Waals surface area (Å²) in [6, 6.07) is 7.39. The Balaban J connectivity index is 2.85. The zero-order valence-corrected chi connectivity index (χ0v) is 13.6. The van der Waals surface area contributed by atoms with Crippen LogP contribution in [0.4, 0.5) is 0 Å². The van der Waals surface area contributed by atoms with Crippen molar-refractivity contribution in [2.45, 2.75) is 28.2 Å². The molecule has 0 heterocycles. The molecule has 0 aliphatic rings. The number of hydrogen-bond acceptors (Lipinski definition) is 6. The lowest BCUT2D eigenvalue weighted by Crippen LogP contribution is -2.11. The number of aromatic hydroxyl groups is 1. The van der Waals surface area contributed by atoms with Crippen LogP contribution in [0, 0.1) is 6.92 Å². The maximum atomic E-state index is 12.8. The van der Waals surface area contributed by atoms with Gasteiger partial charge in [0, 0.05) is 0 Å². The normalized spacial score (nSPS) is 12.3. The molecule has 0 amide bonds. The van der Waals surface area contributed by atoms with Gasteiger partial charge in [-0.15, -0.1) is 0 Å². The number of aliphatic hydroxyl groups is 1. The smallest absolute Gasteiger partial charge is 0.294 e. The quantitative estimate of drug-likeness (QED) is 0.702. The molecule has 0 aromatic heterocycles. The van der Waals surface area contributed by atoms with Gasteiger partial charge in [-0.1, -0.05) is 18.2 Å². The largest absolute Gasteiger partial charge is 0.507 e. The second kappa shape index (κ2) is 5.93. The van der Waals surface area contributed by atoms with Crippen molar-refractivity contribution in [3.63, 3.8) is 0 Å². The summed E-state index contributed by atoms with van der Waals surface area (Å²) in [4.78, 5) is -1.50. The predicted octanol–water partition coefficient (Wildman–Crippen LogP) is 1.27. The van der Waals surface area contributed by atoms with Crippen LogP contribution >= 0.6 is 0 Å². The van der Waals surface area contributed by atoms with Gasteiger partial charge in [-0.25, -0.2) is 8.42 Å². The van der Waals surface area contributed by atoms with Gasteiger partial charge in [-0.3, -0.25) is 4.55 Å². The number of rotatable bonds is 4. The molecule has 23 heavy (non-hydrogen) atoms. The number of hydrogen-bond donors (Lipinski definition) is 3. The number of aliphatic hydroxyl groups excluding tert-OH is 1. The van der Waals surface area contributed by atoms with Crippen molar-refractivity contribution in [1.29, 1.82) is 0 Å². The second-order valence-corrected chi connectivity index (χ2v) is 8.03. The summed E-state index contributed by atoms with van der Waals surface area (Å²) in [6.45, 7) is 0.616. The molecule has 0 bridgehead atoms. The van der Waals surface area contributed by atoms with Crippen LogP contribution in [0.1, 0.15) is 11.1 Å². The van der Waals surface area contributed by atoms with Crippen molar-refractivity contribution in [2.24, 2.45) is 0 Å². The lowest BCUT2D eigenvalue weighted by molar-refractivity contribution is 0.278. The molecule has 0 spiro atoms. The summed E-state index contributed by atoms with van der Waals surface area (Å²) in [7, 11) is -8.97. The van der Waals surface area contributed by atoms with E-state index in [-0.39, 0.29) is 16.0 Å². The maximum absolute atomic E-state index is 12.8. The third kappa shape index (κ3) is 3.08. The minimum Gasteiger partial charge on any atom is -0.507 e. The Morgan fingerprint density at radius 2 is 1.57 bits per heavy atom. The topological polar surface area (TPSA) is 129 Å². The Hall–Kier alpha value is -1.94. The molecule has 0 fully saturated rings. The van der Waals surface area contributed by atoms with Crippen molar-refractivity contribution in [3.8, 4) is 5.75 Å². The van der Waals surface area contributed by atoms with Gasteiger partial charge in [0.1, 0.15) is 10.6 Å². The highest BCUT2D eigenvalue weighted by Crippen LogP contribution is 2.35. The first-order valence-corrected chi connectivity index (χ1v) is 9.27. The SMILES string of the molecule is Cc1c(S(=O)(=O)O)ccc(O)c1S(=O)(=O)c1ccccc1CO. The molecule has 124 valence electrons. The van der Waals surface area contributed by atoms with E-state index in [1.807, 2.05) is 0 Å². The number of sulfone groups is 1. The zero-order chi connectivity index (χ0) is 17.4. The molecule has 7 nitrogen and oxygen atoms in total. The molecule has 0 unspecified atom stereocenters. The van der Waals surface area contributed by atoms with E-state index in [4.69, 9.17) is 0 Å². The third-order valence-electron chi connectivity index (χ3n) is 3.31. The molecular formula is C14H14O7S2. The maximum Gasteiger partial charge on any atom is 0.294 e. The molecule has 0 atom stereocenters. The summed E-state index contributed by atoms with van der Waals surface area (Å²) < 4.78 is 57.4. The van der Waals surface area contributed by atoms with E-state index in [9.17, 15) is 31.6 Å². The number of phenols is 1. The van der Waals surface area contributed by atoms with E-state index in [2.05, 4.69) is 0 Å². The molecule has 0 saturated carbocycles. The predicted molar refractivity (Wildman–Crippen MR) is 80.5 cm³/mol. The first-order chi connectivity index (χ1) is 10.6. The van der Waals surface area contributed by atoms with E-state index in [0.717, 1.165) is 19.1 Å². The van der Waals surface area contributed by atoms with E-state index in [1.165, 1.54) is 24.3 Å². The summed E-state index contributed by atoms with van der Waals surface area (Å²) in [5.74, 6) is -0.650. The van der Waals surface area contributed by atoms with Crippen molar-refractivity contribution >= 4 is 20.0 Å². The Morgan fingerprint density at radius 1 is 0.957 bits per heavy atom. The van der Waals surface area contributed by atoms with Crippen LogP contribution in [0.2, 0.25) is 0 Å². The fraction of sp³-hybridized carbons (Fsp3) is 0.143. The van der Waals surface area contributed by atoms with Gasteiger partial charge < -0.3 is 10.2 Å². The highest BCUT2D eigenvalue weighted by Gasteiger charge is 2.29. The van der Waals surface area contributed by atoms with Gasteiger partial charge >= 0.3 is 0 Å². The molecular weight excluding hydrogens is 344 g/mol.